The summed E-state index contributed by atoms with van der Waals surface area (Å²) < 4.78 is 28.9. The van der Waals surface area contributed by atoms with Gasteiger partial charge in [-0.25, -0.2) is 8.42 Å². The Morgan fingerprint density at radius 2 is 1.90 bits per heavy atom. The van der Waals surface area contributed by atoms with Gasteiger partial charge in [0.05, 0.1) is 16.6 Å². The standard InChI is InChI=1S/C20H27ClN4O3S/c1-4-24-13-19(15(3)23-24)14(2)22-20(26)16-9-11-25(12-10-16)29(27,28)18-7-5-17(21)6-8-18/h5-8,13-14,16H,4,9-12H2,1-3H3,(H,22,26). The number of piperidine rings is 1. The quantitative estimate of drug-likeness (QED) is 0.750. The lowest BCUT2D eigenvalue weighted by Gasteiger charge is -2.31. The summed E-state index contributed by atoms with van der Waals surface area (Å²) in [5, 5.41) is 7.98. The maximum Gasteiger partial charge on any atom is 0.243 e. The maximum absolute atomic E-state index is 12.8. The second kappa shape index (κ2) is 8.85. The van der Waals surface area contributed by atoms with E-state index in [9.17, 15) is 13.2 Å². The first kappa shape index (κ1) is 21.8. The summed E-state index contributed by atoms with van der Waals surface area (Å²) >= 11 is 5.85. The van der Waals surface area contributed by atoms with Gasteiger partial charge >= 0.3 is 0 Å². The number of aryl methyl sites for hydroxylation is 2. The zero-order valence-corrected chi connectivity index (χ0v) is 18.5. The molecular formula is C20H27ClN4O3S. The Morgan fingerprint density at radius 1 is 1.28 bits per heavy atom. The molecule has 0 aliphatic carbocycles. The molecule has 2 aromatic rings. The van der Waals surface area contributed by atoms with Crippen molar-refractivity contribution in [2.75, 3.05) is 13.1 Å². The monoisotopic (exact) mass is 438 g/mol. The van der Waals surface area contributed by atoms with Crippen molar-refractivity contribution in [3.05, 3.63) is 46.7 Å². The molecule has 1 amide bonds. The van der Waals surface area contributed by atoms with E-state index in [0.717, 1.165) is 17.8 Å². The minimum Gasteiger partial charge on any atom is -0.349 e. The van der Waals surface area contributed by atoms with Crippen LogP contribution in [0.1, 0.15) is 44.0 Å². The highest BCUT2D eigenvalue weighted by molar-refractivity contribution is 7.89. The van der Waals surface area contributed by atoms with Crippen LogP contribution in [-0.2, 0) is 21.4 Å². The summed E-state index contributed by atoms with van der Waals surface area (Å²) in [5.41, 5.74) is 1.91. The highest BCUT2D eigenvalue weighted by Gasteiger charge is 2.32. The van der Waals surface area contributed by atoms with Crippen molar-refractivity contribution in [3.8, 4) is 0 Å². The van der Waals surface area contributed by atoms with Gasteiger partial charge in [0.2, 0.25) is 15.9 Å². The van der Waals surface area contributed by atoms with Gasteiger partial charge in [0, 0.05) is 42.3 Å². The fourth-order valence-corrected chi connectivity index (χ4v) is 5.24. The third-order valence-electron chi connectivity index (χ3n) is 5.41. The molecule has 1 aliphatic heterocycles. The fourth-order valence-electron chi connectivity index (χ4n) is 3.64. The van der Waals surface area contributed by atoms with Crippen LogP contribution in [0.2, 0.25) is 5.02 Å². The van der Waals surface area contributed by atoms with E-state index >= 15 is 0 Å². The molecule has 0 radical (unpaired) electrons. The molecule has 1 fully saturated rings. The predicted molar refractivity (Wildman–Crippen MR) is 112 cm³/mol. The number of nitrogens with one attached hydrogen (secondary N) is 1. The number of aromatic nitrogens is 2. The van der Waals surface area contributed by atoms with Gasteiger partial charge in [-0.1, -0.05) is 11.6 Å². The highest BCUT2D eigenvalue weighted by atomic mass is 35.5. The summed E-state index contributed by atoms with van der Waals surface area (Å²) in [5.74, 6) is -0.236. The molecule has 1 aromatic heterocycles. The van der Waals surface area contributed by atoms with E-state index in [1.54, 1.807) is 12.1 Å². The summed E-state index contributed by atoms with van der Waals surface area (Å²) in [6.07, 6.45) is 2.96. The molecule has 1 aliphatic rings. The van der Waals surface area contributed by atoms with Crippen LogP contribution in [-0.4, -0.2) is 41.5 Å². The number of carbonyl (C=O) groups excluding carboxylic acids is 1. The molecule has 2 heterocycles. The molecule has 1 N–H and O–H groups in total. The van der Waals surface area contributed by atoms with Gasteiger partial charge in [0.1, 0.15) is 0 Å². The fraction of sp³-hybridized carbons (Fsp3) is 0.500. The molecule has 1 unspecified atom stereocenters. The lowest BCUT2D eigenvalue weighted by Crippen LogP contribution is -2.43. The number of nitrogens with zero attached hydrogens (tertiary/aromatic N) is 3. The largest absolute Gasteiger partial charge is 0.349 e. The Morgan fingerprint density at radius 3 is 2.45 bits per heavy atom. The first-order valence-electron chi connectivity index (χ1n) is 9.82. The zero-order valence-electron chi connectivity index (χ0n) is 16.9. The summed E-state index contributed by atoms with van der Waals surface area (Å²) in [7, 11) is -3.57. The third-order valence-corrected chi connectivity index (χ3v) is 7.57. The van der Waals surface area contributed by atoms with Gasteiger partial charge in [-0.3, -0.25) is 9.48 Å². The van der Waals surface area contributed by atoms with Gasteiger partial charge in [0.15, 0.2) is 0 Å². The Hall–Kier alpha value is -1.90. The van der Waals surface area contributed by atoms with E-state index in [2.05, 4.69) is 10.4 Å². The molecule has 29 heavy (non-hydrogen) atoms. The molecule has 7 nitrogen and oxygen atoms in total. The predicted octanol–water partition coefficient (Wildman–Crippen LogP) is 3.14. The van der Waals surface area contributed by atoms with E-state index in [-0.39, 0.29) is 22.8 Å². The molecule has 9 heteroatoms. The van der Waals surface area contributed by atoms with Gasteiger partial charge in [-0.05, 0) is 57.9 Å². The van der Waals surface area contributed by atoms with Gasteiger partial charge in [-0.15, -0.1) is 0 Å². The first-order chi connectivity index (χ1) is 13.7. The Balaban J connectivity index is 1.59. The Labute approximate surface area is 177 Å². The molecule has 1 saturated heterocycles. The second-order valence-electron chi connectivity index (χ2n) is 7.39. The molecule has 1 aromatic carbocycles. The van der Waals surface area contributed by atoms with Crippen LogP contribution in [0.15, 0.2) is 35.4 Å². The van der Waals surface area contributed by atoms with Crippen LogP contribution < -0.4 is 5.32 Å². The van der Waals surface area contributed by atoms with Gasteiger partial charge in [0.25, 0.3) is 0 Å². The number of sulfonamides is 1. The van der Waals surface area contributed by atoms with Crippen LogP contribution in [0, 0.1) is 12.8 Å². The lowest BCUT2D eigenvalue weighted by molar-refractivity contribution is -0.126. The van der Waals surface area contributed by atoms with Crippen LogP contribution >= 0.6 is 11.6 Å². The Kier molecular flexibility index (Phi) is 6.65. The SMILES string of the molecule is CCn1cc(C(C)NC(=O)C2CCN(S(=O)(=O)c3ccc(Cl)cc3)CC2)c(C)n1. The molecule has 1 atom stereocenters. The molecule has 158 valence electrons. The van der Waals surface area contributed by atoms with E-state index in [1.165, 1.54) is 16.4 Å². The molecule has 0 saturated carbocycles. The average Bonchev–Trinajstić information content (AvgIpc) is 3.09. The average molecular weight is 439 g/mol. The van der Waals surface area contributed by atoms with Crippen molar-refractivity contribution in [1.82, 2.24) is 19.4 Å². The van der Waals surface area contributed by atoms with E-state index in [1.807, 2.05) is 31.6 Å². The minimum absolute atomic E-state index is 0.0373. The summed E-state index contributed by atoms with van der Waals surface area (Å²) in [4.78, 5) is 12.9. The zero-order chi connectivity index (χ0) is 21.2. The topological polar surface area (TPSA) is 84.3 Å². The van der Waals surface area contributed by atoms with Crippen molar-refractivity contribution in [2.45, 2.75) is 51.1 Å². The van der Waals surface area contributed by atoms with Gasteiger partial charge < -0.3 is 5.32 Å². The van der Waals surface area contributed by atoms with Crippen molar-refractivity contribution >= 4 is 27.5 Å². The smallest absolute Gasteiger partial charge is 0.243 e. The first-order valence-corrected chi connectivity index (χ1v) is 11.6. The van der Waals surface area contributed by atoms with Crippen LogP contribution in [0.3, 0.4) is 0 Å². The third kappa shape index (κ3) is 4.82. The number of hydrogen-bond donors (Lipinski definition) is 1. The van der Waals surface area contributed by atoms with E-state index < -0.39 is 10.0 Å². The van der Waals surface area contributed by atoms with Crippen LogP contribution in [0.4, 0.5) is 0 Å². The Bertz CT molecular complexity index is 964. The minimum atomic E-state index is -3.57. The normalized spacial score (nSPS) is 17.2. The second-order valence-corrected chi connectivity index (χ2v) is 9.76. The highest BCUT2D eigenvalue weighted by Crippen LogP contribution is 2.26. The van der Waals surface area contributed by atoms with Crippen LogP contribution in [0.5, 0.6) is 0 Å². The summed E-state index contributed by atoms with van der Waals surface area (Å²) in [6, 6.07) is 6.02. The van der Waals surface area contributed by atoms with Crippen molar-refractivity contribution in [1.29, 1.82) is 0 Å². The van der Waals surface area contributed by atoms with Crippen molar-refractivity contribution < 1.29 is 13.2 Å². The van der Waals surface area contributed by atoms with Crippen LogP contribution in [0.25, 0.3) is 0 Å². The number of hydrogen-bond acceptors (Lipinski definition) is 4. The number of carbonyl (C=O) groups is 1. The maximum atomic E-state index is 12.8. The van der Waals surface area contributed by atoms with E-state index in [0.29, 0.717) is 31.0 Å². The number of rotatable bonds is 6. The number of amides is 1. The van der Waals surface area contributed by atoms with Gasteiger partial charge in [-0.2, -0.15) is 9.40 Å². The molecule has 0 spiro atoms. The lowest BCUT2D eigenvalue weighted by atomic mass is 9.96. The number of halogens is 1. The summed E-state index contributed by atoms with van der Waals surface area (Å²) in [6.45, 7) is 7.33. The van der Waals surface area contributed by atoms with Crippen molar-refractivity contribution in [2.24, 2.45) is 5.92 Å². The molecular weight excluding hydrogens is 412 g/mol. The van der Waals surface area contributed by atoms with E-state index in [4.69, 9.17) is 11.6 Å². The molecule has 3 rings (SSSR count). The number of benzene rings is 1. The van der Waals surface area contributed by atoms with Crippen molar-refractivity contribution in [3.63, 3.8) is 0 Å². The molecule has 0 bridgehead atoms.